The molecule has 5 heteroatoms. The average Bonchev–Trinajstić information content (AvgIpc) is 3.29. The number of benzene rings is 1. The van der Waals surface area contributed by atoms with Crippen molar-refractivity contribution in [3.05, 3.63) is 35.4 Å². The molecule has 2 amide bonds. The van der Waals surface area contributed by atoms with Crippen LogP contribution in [-0.2, 0) is 4.79 Å². The molecule has 5 nitrogen and oxygen atoms in total. The lowest BCUT2D eigenvalue weighted by molar-refractivity contribution is -0.133. The van der Waals surface area contributed by atoms with E-state index in [1.54, 1.807) is 6.07 Å². The van der Waals surface area contributed by atoms with E-state index in [2.05, 4.69) is 10.2 Å². The van der Waals surface area contributed by atoms with E-state index in [0.717, 1.165) is 38.2 Å². The van der Waals surface area contributed by atoms with Gasteiger partial charge in [-0.15, -0.1) is 0 Å². The molecule has 0 aliphatic carbocycles. The monoisotopic (exact) mass is 357 g/mol. The number of carbonyl (C=O) groups is 2. The van der Waals surface area contributed by atoms with Crippen molar-refractivity contribution in [2.75, 3.05) is 26.2 Å². The molecule has 0 bridgehead atoms. The maximum absolute atomic E-state index is 13.1. The molecule has 0 aromatic heterocycles. The zero-order valence-corrected chi connectivity index (χ0v) is 16.2. The molecule has 2 atom stereocenters. The highest BCUT2D eigenvalue weighted by Crippen LogP contribution is 2.22. The molecule has 1 aromatic carbocycles. The minimum Gasteiger partial charge on any atom is -0.340 e. The van der Waals surface area contributed by atoms with Crippen LogP contribution in [0.4, 0.5) is 0 Å². The van der Waals surface area contributed by atoms with Gasteiger partial charge in [-0.3, -0.25) is 14.5 Å². The fourth-order valence-electron chi connectivity index (χ4n) is 4.07. The molecule has 1 N–H and O–H groups in total. The van der Waals surface area contributed by atoms with Gasteiger partial charge in [0.25, 0.3) is 5.91 Å². The number of nitrogens with one attached hydrogen (secondary N) is 1. The first kappa shape index (κ1) is 18.9. The SMILES string of the molecule is Cc1cccc(C(=O)NC(C(=O)N2CCC(N3CCCC3)C2)C(C)C)c1. The Morgan fingerprint density at radius 2 is 1.88 bits per heavy atom. The summed E-state index contributed by atoms with van der Waals surface area (Å²) >= 11 is 0. The molecular formula is C21H31N3O2. The number of aryl methyl sites for hydroxylation is 1. The quantitative estimate of drug-likeness (QED) is 0.881. The van der Waals surface area contributed by atoms with Crippen LogP contribution in [0, 0.1) is 12.8 Å². The highest BCUT2D eigenvalue weighted by atomic mass is 16.2. The van der Waals surface area contributed by atoms with Crippen LogP contribution < -0.4 is 5.32 Å². The summed E-state index contributed by atoms with van der Waals surface area (Å²) in [5.74, 6) is -0.0548. The lowest BCUT2D eigenvalue weighted by Gasteiger charge is -2.28. The van der Waals surface area contributed by atoms with Crippen LogP contribution in [0.3, 0.4) is 0 Å². The van der Waals surface area contributed by atoms with E-state index in [-0.39, 0.29) is 17.7 Å². The van der Waals surface area contributed by atoms with Gasteiger partial charge in [-0.05, 0) is 57.3 Å². The molecule has 0 radical (unpaired) electrons. The van der Waals surface area contributed by atoms with Crippen LogP contribution in [0.2, 0.25) is 0 Å². The van der Waals surface area contributed by atoms with E-state index < -0.39 is 6.04 Å². The van der Waals surface area contributed by atoms with Crippen LogP contribution in [0.25, 0.3) is 0 Å². The summed E-state index contributed by atoms with van der Waals surface area (Å²) in [5.41, 5.74) is 1.65. The molecule has 142 valence electrons. The van der Waals surface area contributed by atoms with Crippen LogP contribution in [-0.4, -0.2) is 59.9 Å². The van der Waals surface area contributed by atoms with Gasteiger partial charge in [0.2, 0.25) is 5.91 Å². The van der Waals surface area contributed by atoms with Gasteiger partial charge >= 0.3 is 0 Å². The lowest BCUT2D eigenvalue weighted by Crippen LogP contribution is -2.51. The van der Waals surface area contributed by atoms with Crippen molar-refractivity contribution < 1.29 is 9.59 Å². The summed E-state index contributed by atoms with van der Waals surface area (Å²) in [5, 5.41) is 2.98. The molecule has 2 unspecified atom stereocenters. The van der Waals surface area contributed by atoms with Crippen LogP contribution in [0.5, 0.6) is 0 Å². The molecule has 3 rings (SSSR count). The fourth-order valence-corrected chi connectivity index (χ4v) is 4.07. The van der Waals surface area contributed by atoms with E-state index in [4.69, 9.17) is 0 Å². The Bertz CT molecular complexity index is 652. The largest absolute Gasteiger partial charge is 0.340 e. The third-order valence-corrected chi connectivity index (χ3v) is 5.63. The molecule has 2 aliphatic rings. The van der Waals surface area contributed by atoms with Gasteiger partial charge in [0.05, 0.1) is 0 Å². The first-order chi connectivity index (χ1) is 12.5. The Balaban J connectivity index is 1.63. The topological polar surface area (TPSA) is 52.7 Å². The Morgan fingerprint density at radius 1 is 1.15 bits per heavy atom. The molecule has 2 fully saturated rings. The van der Waals surface area contributed by atoms with Crippen molar-refractivity contribution in [2.24, 2.45) is 5.92 Å². The summed E-state index contributed by atoms with van der Waals surface area (Å²) in [6, 6.07) is 7.50. The molecule has 2 saturated heterocycles. The van der Waals surface area contributed by atoms with E-state index in [1.165, 1.54) is 12.8 Å². The first-order valence-electron chi connectivity index (χ1n) is 9.86. The zero-order valence-electron chi connectivity index (χ0n) is 16.2. The molecule has 2 heterocycles. The van der Waals surface area contributed by atoms with Crippen molar-refractivity contribution in [2.45, 2.75) is 52.1 Å². The molecule has 1 aromatic rings. The predicted octanol–water partition coefficient (Wildman–Crippen LogP) is 2.45. The van der Waals surface area contributed by atoms with Crippen LogP contribution in [0.1, 0.15) is 49.0 Å². The average molecular weight is 357 g/mol. The number of hydrogen-bond acceptors (Lipinski definition) is 3. The fraction of sp³-hybridized carbons (Fsp3) is 0.619. The molecule has 26 heavy (non-hydrogen) atoms. The maximum Gasteiger partial charge on any atom is 0.251 e. The predicted molar refractivity (Wildman–Crippen MR) is 103 cm³/mol. The minimum atomic E-state index is -0.472. The summed E-state index contributed by atoms with van der Waals surface area (Å²) in [6.07, 6.45) is 3.58. The Hall–Kier alpha value is -1.88. The first-order valence-corrected chi connectivity index (χ1v) is 9.86. The number of hydrogen-bond donors (Lipinski definition) is 1. The minimum absolute atomic E-state index is 0.0575. The van der Waals surface area contributed by atoms with E-state index >= 15 is 0 Å². The number of likely N-dealkylation sites (tertiary alicyclic amines) is 2. The lowest BCUT2D eigenvalue weighted by atomic mass is 10.0. The van der Waals surface area contributed by atoms with Crippen molar-refractivity contribution in [1.82, 2.24) is 15.1 Å². The van der Waals surface area contributed by atoms with E-state index in [0.29, 0.717) is 11.6 Å². The van der Waals surface area contributed by atoms with Gasteiger partial charge in [0.1, 0.15) is 6.04 Å². The third kappa shape index (κ3) is 4.26. The molecular weight excluding hydrogens is 326 g/mol. The zero-order chi connectivity index (χ0) is 18.7. The molecule has 0 saturated carbocycles. The third-order valence-electron chi connectivity index (χ3n) is 5.63. The van der Waals surface area contributed by atoms with Gasteiger partial charge in [-0.1, -0.05) is 31.5 Å². The second kappa shape index (κ2) is 8.21. The standard InChI is InChI=1S/C21H31N3O2/c1-15(2)19(22-20(25)17-8-6-7-16(3)13-17)21(26)24-12-9-18(14-24)23-10-4-5-11-23/h6-8,13,15,18-19H,4-5,9-12,14H2,1-3H3,(H,22,25). The van der Waals surface area contributed by atoms with Gasteiger partial charge in [-0.2, -0.15) is 0 Å². The normalized spacial score (nSPS) is 22.0. The molecule has 0 spiro atoms. The molecule has 2 aliphatic heterocycles. The highest BCUT2D eigenvalue weighted by molar-refractivity contribution is 5.97. The Kier molecular flexibility index (Phi) is 5.97. The summed E-state index contributed by atoms with van der Waals surface area (Å²) in [4.78, 5) is 30.2. The second-order valence-corrected chi connectivity index (χ2v) is 8.03. The Morgan fingerprint density at radius 3 is 2.54 bits per heavy atom. The van der Waals surface area contributed by atoms with Crippen LogP contribution in [0.15, 0.2) is 24.3 Å². The summed E-state index contributed by atoms with van der Waals surface area (Å²) in [6.45, 7) is 9.85. The van der Waals surface area contributed by atoms with Gasteiger partial charge in [0.15, 0.2) is 0 Å². The summed E-state index contributed by atoms with van der Waals surface area (Å²) in [7, 11) is 0. The number of amides is 2. The van der Waals surface area contributed by atoms with Crippen molar-refractivity contribution in [1.29, 1.82) is 0 Å². The van der Waals surface area contributed by atoms with Gasteiger partial charge in [-0.25, -0.2) is 0 Å². The van der Waals surface area contributed by atoms with Crippen molar-refractivity contribution in [3.63, 3.8) is 0 Å². The van der Waals surface area contributed by atoms with E-state index in [9.17, 15) is 9.59 Å². The smallest absolute Gasteiger partial charge is 0.251 e. The maximum atomic E-state index is 13.1. The van der Waals surface area contributed by atoms with Crippen molar-refractivity contribution >= 4 is 11.8 Å². The van der Waals surface area contributed by atoms with Gasteiger partial charge < -0.3 is 10.2 Å². The van der Waals surface area contributed by atoms with Crippen molar-refractivity contribution in [3.8, 4) is 0 Å². The number of nitrogens with zero attached hydrogens (tertiary/aromatic N) is 2. The number of carbonyl (C=O) groups excluding carboxylic acids is 2. The van der Waals surface area contributed by atoms with E-state index in [1.807, 2.05) is 43.9 Å². The number of rotatable bonds is 5. The van der Waals surface area contributed by atoms with Gasteiger partial charge in [0, 0.05) is 24.7 Å². The summed E-state index contributed by atoms with van der Waals surface area (Å²) < 4.78 is 0. The van der Waals surface area contributed by atoms with Crippen LogP contribution >= 0.6 is 0 Å². The Labute approximate surface area is 156 Å². The second-order valence-electron chi connectivity index (χ2n) is 8.03. The highest BCUT2D eigenvalue weighted by Gasteiger charge is 2.35.